The average molecular weight is 347 g/mol. The third-order valence-electron chi connectivity index (χ3n) is 5.39. The van der Waals surface area contributed by atoms with Gasteiger partial charge in [0.15, 0.2) is 0 Å². The van der Waals surface area contributed by atoms with E-state index in [1.807, 2.05) is 29.4 Å². The fourth-order valence-electron chi connectivity index (χ4n) is 3.71. The molecule has 1 aliphatic carbocycles. The monoisotopic (exact) mass is 347 g/mol. The van der Waals surface area contributed by atoms with Crippen molar-refractivity contribution in [3.05, 3.63) is 54.1 Å². The van der Waals surface area contributed by atoms with E-state index in [0.717, 1.165) is 29.9 Å². The minimum atomic E-state index is 0.0313. The summed E-state index contributed by atoms with van der Waals surface area (Å²) >= 11 is 0. The maximum absolute atomic E-state index is 12.7. The van der Waals surface area contributed by atoms with Gasteiger partial charge in [-0.1, -0.05) is 24.3 Å². The SMILES string of the molecule is O=C(c1cc(C2CC2)[nH]n1)N1CCN(c2cncc3ccccc23)CC1. The van der Waals surface area contributed by atoms with Gasteiger partial charge in [-0.25, -0.2) is 0 Å². The van der Waals surface area contributed by atoms with E-state index in [0.29, 0.717) is 24.7 Å². The lowest BCUT2D eigenvalue weighted by Gasteiger charge is -2.36. The van der Waals surface area contributed by atoms with Crippen LogP contribution in [0.4, 0.5) is 5.69 Å². The van der Waals surface area contributed by atoms with Crippen molar-refractivity contribution in [3.8, 4) is 0 Å². The predicted octanol–water partition coefficient (Wildman–Crippen LogP) is 2.80. The highest BCUT2D eigenvalue weighted by Gasteiger charge is 2.29. The molecule has 2 aliphatic rings. The Morgan fingerprint density at radius 1 is 1.08 bits per heavy atom. The van der Waals surface area contributed by atoms with Crippen LogP contribution in [0.1, 0.15) is 34.9 Å². The minimum Gasteiger partial charge on any atom is -0.366 e. The molecule has 2 aromatic heterocycles. The molecule has 0 bridgehead atoms. The van der Waals surface area contributed by atoms with Crippen LogP contribution in [0.15, 0.2) is 42.7 Å². The Kier molecular flexibility index (Phi) is 3.62. The number of fused-ring (bicyclic) bond motifs is 1. The molecule has 1 aliphatic heterocycles. The Morgan fingerprint density at radius 2 is 1.88 bits per heavy atom. The molecule has 0 spiro atoms. The van der Waals surface area contributed by atoms with E-state index < -0.39 is 0 Å². The summed E-state index contributed by atoms with van der Waals surface area (Å²) in [4.78, 5) is 21.3. The van der Waals surface area contributed by atoms with Crippen LogP contribution in [0.2, 0.25) is 0 Å². The van der Waals surface area contributed by atoms with Crippen LogP contribution in [0.3, 0.4) is 0 Å². The second-order valence-electron chi connectivity index (χ2n) is 7.14. The van der Waals surface area contributed by atoms with Crippen molar-refractivity contribution >= 4 is 22.4 Å². The zero-order valence-electron chi connectivity index (χ0n) is 14.6. The number of hydrogen-bond acceptors (Lipinski definition) is 4. The van der Waals surface area contributed by atoms with Crippen LogP contribution >= 0.6 is 0 Å². The second-order valence-corrected chi connectivity index (χ2v) is 7.14. The highest BCUT2D eigenvalue weighted by Crippen LogP contribution is 2.39. The van der Waals surface area contributed by atoms with Crippen molar-refractivity contribution in [2.45, 2.75) is 18.8 Å². The number of aromatic nitrogens is 3. The molecule has 6 heteroatoms. The van der Waals surface area contributed by atoms with Gasteiger partial charge in [0.05, 0.1) is 11.9 Å². The maximum Gasteiger partial charge on any atom is 0.274 e. The number of pyridine rings is 1. The minimum absolute atomic E-state index is 0.0313. The molecule has 1 saturated heterocycles. The fourth-order valence-corrected chi connectivity index (χ4v) is 3.71. The summed E-state index contributed by atoms with van der Waals surface area (Å²) in [6.45, 7) is 3.02. The molecule has 3 heterocycles. The van der Waals surface area contributed by atoms with Crippen molar-refractivity contribution in [3.63, 3.8) is 0 Å². The van der Waals surface area contributed by atoms with E-state index in [2.05, 4.69) is 38.3 Å². The van der Waals surface area contributed by atoms with Gasteiger partial charge in [0.2, 0.25) is 0 Å². The molecule has 3 aromatic rings. The van der Waals surface area contributed by atoms with Gasteiger partial charge >= 0.3 is 0 Å². The molecule has 1 aromatic carbocycles. The molecular formula is C20H21N5O. The predicted molar refractivity (Wildman–Crippen MR) is 100 cm³/mol. The van der Waals surface area contributed by atoms with Crippen molar-refractivity contribution in [1.29, 1.82) is 0 Å². The zero-order chi connectivity index (χ0) is 17.5. The van der Waals surface area contributed by atoms with E-state index in [-0.39, 0.29) is 5.91 Å². The lowest BCUT2D eigenvalue weighted by atomic mass is 10.1. The Labute approximate surface area is 151 Å². The summed E-state index contributed by atoms with van der Waals surface area (Å²) in [5, 5.41) is 9.61. The van der Waals surface area contributed by atoms with Gasteiger partial charge < -0.3 is 9.80 Å². The molecule has 1 amide bonds. The van der Waals surface area contributed by atoms with Crippen LogP contribution in [-0.2, 0) is 0 Å². The highest BCUT2D eigenvalue weighted by molar-refractivity contribution is 5.94. The van der Waals surface area contributed by atoms with Gasteiger partial charge in [0.1, 0.15) is 5.69 Å². The number of hydrogen-bond donors (Lipinski definition) is 1. The Bertz CT molecular complexity index is 948. The maximum atomic E-state index is 12.7. The van der Waals surface area contributed by atoms with Gasteiger partial charge in [-0.15, -0.1) is 0 Å². The topological polar surface area (TPSA) is 65.1 Å². The Balaban J connectivity index is 1.30. The molecule has 6 nitrogen and oxygen atoms in total. The van der Waals surface area contributed by atoms with Crippen molar-refractivity contribution in [1.82, 2.24) is 20.1 Å². The van der Waals surface area contributed by atoms with Gasteiger partial charge in [0, 0.05) is 54.8 Å². The first kappa shape index (κ1) is 15.4. The Morgan fingerprint density at radius 3 is 2.69 bits per heavy atom. The van der Waals surface area contributed by atoms with E-state index in [1.54, 1.807) is 0 Å². The van der Waals surface area contributed by atoms with Crippen LogP contribution < -0.4 is 4.90 Å². The highest BCUT2D eigenvalue weighted by atomic mass is 16.2. The number of benzene rings is 1. The molecule has 0 radical (unpaired) electrons. The van der Waals surface area contributed by atoms with Crippen LogP contribution in [-0.4, -0.2) is 52.2 Å². The molecular weight excluding hydrogens is 326 g/mol. The van der Waals surface area contributed by atoms with Gasteiger partial charge in [-0.3, -0.25) is 14.9 Å². The van der Waals surface area contributed by atoms with Gasteiger partial charge in [-0.2, -0.15) is 5.10 Å². The number of anilines is 1. The number of carbonyl (C=O) groups excluding carboxylic acids is 1. The Hall–Kier alpha value is -2.89. The van der Waals surface area contributed by atoms with Crippen molar-refractivity contribution in [2.24, 2.45) is 0 Å². The number of piperazine rings is 1. The van der Waals surface area contributed by atoms with E-state index in [9.17, 15) is 4.79 Å². The largest absolute Gasteiger partial charge is 0.366 e. The third-order valence-corrected chi connectivity index (χ3v) is 5.39. The first-order valence-corrected chi connectivity index (χ1v) is 9.22. The molecule has 132 valence electrons. The lowest BCUT2D eigenvalue weighted by molar-refractivity contribution is 0.0741. The summed E-state index contributed by atoms with van der Waals surface area (Å²) in [6, 6.07) is 10.2. The van der Waals surface area contributed by atoms with E-state index >= 15 is 0 Å². The quantitative estimate of drug-likeness (QED) is 0.791. The van der Waals surface area contributed by atoms with Crippen LogP contribution in [0, 0.1) is 0 Å². The molecule has 26 heavy (non-hydrogen) atoms. The fraction of sp³-hybridized carbons (Fsp3) is 0.350. The summed E-state index contributed by atoms with van der Waals surface area (Å²) < 4.78 is 0. The molecule has 5 rings (SSSR count). The third kappa shape index (κ3) is 2.71. The number of nitrogens with zero attached hydrogens (tertiary/aromatic N) is 4. The van der Waals surface area contributed by atoms with Crippen molar-refractivity contribution in [2.75, 3.05) is 31.1 Å². The van der Waals surface area contributed by atoms with Crippen LogP contribution in [0.25, 0.3) is 10.8 Å². The standard InChI is InChI=1S/C20H21N5O/c26-20(18-11-17(22-23-18)14-5-6-14)25-9-7-24(8-10-25)19-13-21-12-15-3-1-2-4-16(15)19/h1-4,11-14H,5-10H2,(H,22,23). The lowest BCUT2D eigenvalue weighted by Crippen LogP contribution is -2.49. The number of H-pyrrole nitrogens is 1. The molecule has 1 saturated carbocycles. The molecule has 0 unspecified atom stereocenters. The summed E-state index contributed by atoms with van der Waals surface area (Å²) in [5.74, 6) is 0.614. The molecule has 2 fully saturated rings. The van der Waals surface area contributed by atoms with E-state index in [4.69, 9.17) is 0 Å². The first-order chi connectivity index (χ1) is 12.8. The second kappa shape index (κ2) is 6.12. The number of amides is 1. The normalized spacial score (nSPS) is 17.7. The molecule has 0 atom stereocenters. The van der Waals surface area contributed by atoms with Crippen LogP contribution in [0.5, 0.6) is 0 Å². The first-order valence-electron chi connectivity index (χ1n) is 9.22. The van der Waals surface area contributed by atoms with E-state index in [1.165, 1.54) is 18.2 Å². The number of aromatic amines is 1. The molecule has 1 N–H and O–H groups in total. The number of nitrogens with one attached hydrogen (secondary N) is 1. The van der Waals surface area contributed by atoms with Gasteiger partial charge in [-0.05, 0) is 18.9 Å². The number of rotatable bonds is 3. The summed E-state index contributed by atoms with van der Waals surface area (Å²) in [7, 11) is 0. The number of carbonyl (C=O) groups is 1. The zero-order valence-corrected chi connectivity index (χ0v) is 14.6. The van der Waals surface area contributed by atoms with Crippen molar-refractivity contribution < 1.29 is 4.79 Å². The average Bonchev–Trinajstić information content (AvgIpc) is 3.44. The smallest absolute Gasteiger partial charge is 0.274 e. The van der Waals surface area contributed by atoms with Gasteiger partial charge in [0.25, 0.3) is 5.91 Å². The summed E-state index contributed by atoms with van der Waals surface area (Å²) in [5.41, 5.74) is 2.80. The summed E-state index contributed by atoms with van der Waals surface area (Å²) in [6.07, 6.45) is 6.23.